The number of nitrogens with zero attached hydrogens (tertiary/aromatic N) is 2. The molecule has 1 N–H and O–H groups in total. The molecule has 3 rings (SSSR count). The quantitative estimate of drug-likeness (QED) is 0.270. The number of rotatable bonds is 11. The highest BCUT2D eigenvalue weighted by Gasteiger charge is 2.35. The van der Waals surface area contributed by atoms with E-state index < -0.39 is 34.1 Å². The van der Waals surface area contributed by atoms with E-state index >= 15 is 0 Å². The summed E-state index contributed by atoms with van der Waals surface area (Å²) in [4.78, 5) is 29.1. The molecule has 3 aromatic carbocycles. The van der Waals surface area contributed by atoms with Crippen LogP contribution in [0.3, 0.4) is 0 Å². The van der Waals surface area contributed by atoms with Gasteiger partial charge in [-0.3, -0.25) is 13.9 Å². The maximum atomic E-state index is 14.2. The fraction of sp³-hybridized carbons (Fsp3) is 0.355. The summed E-state index contributed by atoms with van der Waals surface area (Å²) in [6.07, 6.45) is 0.286. The fourth-order valence-electron chi connectivity index (χ4n) is 4.39. The zero-order valence-corrected chi connectivity index (χ0v) is 27.0. The van der Waals surface area contributed by atoms with Gasteiger partial charge in [-0.05, 0) is 76.1 Å². The van der Waals surface area contributed by atoms with Crippen molar-refractivity contribution < 1.29 is 22.7 Å². The van der Waals surface area contributed by atoms with Crippen molar-refractivity contribution in [3.05, 3.63) is 87.9 Å². The Morgan fingerprint density at radius 3 is 2.19 bits per heavy atom. The van der Waals surface area contributed by atoms with E-state index in [9.17, 15) is 18.0 Å². The van der Waals surface area contributed by atoms with E-state index in [1.54, 1.807) is 61.5 Å². The molecular formula is C31H37Cl2N3O5S. The second-order valence-corrected chi connectivity index (χ2v) is 13.6. The van der Waals surface area contributed by atoms with Gasteiger partial charge >= 0.3 is 0 Å². The number of sulfonamides is 1. The molecule has 0 heterocycles. The third-order valence-corrected chi connectivity index (χ3v) is 8.98. The highest BCUT2D eigenvalue weighted by molar-refractivity contribution is 7.92. The first-order valence-corrected chi connectivity index (χ1v) is 15.7. The molecular weight excluding hydrogens is 597 g/mol. The molecule has 0 fully saturated rings. The molecule has 3 aromatic rings. The van der Waals surface area contributed by atoms with E-state index in [4.69, 9.17) is 27.9 Å². The van der Waals surface area contributed by atoms with Crippen molar-refractivity contribution in [3.8, 4) is 5.75 Å². The maximum Gasteiger partial charge on any atom is 0.264 e. The Morgan fingerprint density at radius 2 is 1.62 bits per heavy atom. The lowest BCUT2D eigenvalue weighted by Gasteiger charge is -2.35. The van der Waals surface area contributed by atoms with Gasteiger partial charge in [0.05, 0.1) is 27.7 Å². The molecule has 0 bridgehead atoms. The summed E-state index contributed by atoms with van der Waals surface area (Å²) in [6.45, 7) is 8.60. The number of carbonyl (C=O) groups excluding carboxylic acids is 2. The smallest absolute Gasteiger partial charge is 0.264 e. The van der Waals surface area contributed by atoms with Gasteiger partial charge in [-0.2, -0.15) is 0 Å². The number of amides is 2. The molecule has 0 aliphatic carbocycles. The Labute approximate surface area is 258 Å². The van der Waals surface area contributed by atoms with E-state index in [2.05, 4.69) is 5.32 Å². The van der Waals surface area contributed by atoms with Crippen LogP contribution in [-0.2, 0) is 26.2 Å². The topological polar surface area (TPSA) is 96.0 Å². The standard InChI is InChI=1S/C31H37Cl2N3O5S/c1-7-26(30(38)34-31(3,4)5)35(19-22-14-17-24(32)25(33)18-22)29(37)20-36(27-10-8-9-11-28(27)41-6)42(39,40)23-15-12-21(2)13-16-23/h8-18,26H,7,19-20H2,1-6H3,(H,34,38). The minimum absolute atomic E-state index is 0.00383. The SMILES string of the molecule is CCC(C(=O)NC(C)(C)C)N(Cc1ccc(Cl)c(Cl)c1)C(=O)CN(c1ccccc1OC)S(=O)(=O)c1ccc(C)cc1. The maximum absolute atomic E-state index is 14.2. The van der Waals surface area contributed by atoms with Crippen LogP contribution in [0.5, 0.6) is 5.75 Å². The van der Waals surface area contributed by atoms with Crippen LogP contribution in [0.2, 0.25) is 10.0 Å². The zero-order valence-electron chi connectivity index (χ0n) is 24.6. The first-order chi connectivity index (χ1) is 19.7. The lowest BCUT2D eigenvalue weighted by Crippen LogP contribution is -2.55. The third kappa shape index (κ3) is 8.18. The van der Waals surface area contributed by atoms with Crippen LogP contribution in [0.4, 0.5) is 5.69 Å². The largest absolute Gasteiger partial charge is 0.495 e. The molecule has 1 unspecified atom stereocenters. The van der Waals surface area contributed by atoms with Crippen LogP contribution in [0.15, 0.2) is 71.6 Å². The predicted octanol–water partition coefficient (Wildman–Crippen LogP) is 6.23. The van der Waals surface area contributed by atoms with E-state index in [0.29, 0.717) is 15.6 Å². The van der Waals surface area contributed by atoms with Crippen molar-refractivity contribution in [2.24, 2.45) is 0 Å². The van der Waals surface area contributed by atoms with E-state index in [1.165, 1.54) is 24.1 Å². The van der Waals surface area contributed by atoms with Gasteiger partial charge in [-0.15, -0.1) is 0 Å². The van der Waals surface area contributed by atoms with Crippen molar-refractivity contribution >= 4 is 50.7 Å². The predicted molar refractivity (Wildman–Crippen MR) is 168 cm³/mol. The molecule has 8 nitrogen and oxygen atoms in total. The molecule has 0 aliphatic heterocycles. The summed E-state index contributed by atoms with van der Waals surface area (Å²) in [5.41, 5.74) is 1.15. The number of nitrogens with one attached hydrogen (secondary N) is 1. The number of anilines is 1. The summed E-state index contributed by atoms with van der Waals surface area (Å²) in [6, 6.07) is 17.0. The van der Waals surface area contributed by atoms with E-state index in [-0.39, 0.29) is 35.2 Å². The van der Waals surface area contributed by atoms with Crippen molar-refractivity contribution in [1.29, 1.82) is 0 Å². The first-order valence-electron chi connectivity index (χ1n) is 13.5. The van der Waals surface area contributed by atoms with Crippen molar-refractivity contribution in [3.63, 3.8) is 0 Å². The summed E-state index contributed by atoms with van der Waals surface area (Å²) in [5, 5.41) is 3.59. The number of methoxy groups -OCH3 is 1. The van der Waals surface area contributed by atoms with Crippen LogP contribution in [0.25, 0.3) is 0 Å². The molecule has 226 valence electrons. The molecule has 42 heavy (non-hydrogen) atoms. The Balaban J connectivity index is 2.12. The number of ether oxygens (including phenoxy) is 1. The second-order valence-electron chi connectivity index (χ2n) is 10.9. The summed E-state index contributed by atoms with van der Waals surface area (Å²) < 4.78 is 34.6. The number of aryl methyl sites for hydroxylation is 1. The summed E-state index contributed by atoms with van der Waals surface area (Å²) in [7, 11) is -2.80. The van der Waals surface area contributed by atoms with Crippen LogP contribution < -0.4 is 14.4 Å². The van der Waals surface area contributed by atoms with Crippen LogP contribution in [0.1, 0.15) is 45.2 Å². The molecule has 0 aliphatic rings. The molecule has 2 amide bonds. The molecule has 0 radical (unpaired) electrons. The lowest BCUT2D eigenvalue weighted by atomic mass is 10.1. The van der Waals surface area contributed by atoms with Gasteiger partial charge in [0.1, 0.15) is 18.3 Å². The van der Waals surface area contributed by atoms with Crippen molar-refractivity contribution in [2.75, 3.05) is 18.0 Å². The third-order valence-electron chi connectivity index (χ3n) is 6.46. The Bertz CT molecular complexity index is 1520. The molecule has 0 saturated heterocycles. The van der Waals surface area contributed by atoms with Gasteiger partial charge in [0, 0.05) is 12.1 Å². The molecule has 11 heteroatoms. The fourth-order valence-corrected chi connectivity index (χ4v) is 6.14. The van der Waals surface area contributed by atoms with Gasteiger partial charge in [-0.1, -0.05) is 66.0 Å². The molecule has 1 atom stereocenters. The number of para-hydroxylation sites is 2. The van der Waals surface area contributed by atoms with Crippen molar-refractivity contribution in [2.45, 2.75) is 64.1 Å². The normalized spacial score (nSPS) is 12.4. The minimum Gasteiger partial charge on any atom is -0.495 e. The number of benzene rings is 3. The molecule has 0 saturated carbocycles. The average Bonchev–Trinajstić information content (AvgIpc) is 2.92. The average molecular weight is 635 g/mol. The van der Waals surface area contributed by atoms with Gasteiger partial charge in [-0.25, -0.2) is 8.42 Å². The summed E-state index contributed by atoms with van der Waals surface area (Å²) >= 11 is 12.4. The van der Waals surface area contributed by atoms with Crippen LogP contribution in [0, 0.1) is 6.92 Å². The molecule has 0 aromatic heterocycles. The Morgan fingerprint density at radius 1 is 0.976 bits per heavy atom. The monoisotopic (exact) mass is 633 g/mol. The highest BCUT2D eigenvalue weighted by Crippen LogP contribution is 2.33. The van der Waals surface area contributed by atoms with E-state index in [0.717, 1.165) is 9.87 Å². The number of halogens is 2. The van der Waals surface area contributed by atoms with Crippen molar-refractivity contribution in [1.82, 2.24) is 10.2 Å². The van der Waals surface area contributed by atoms with Crippen LogP contribution in [-0.4, -0.2) is 50.4 Å². The highest BCUT2D eigenvalue weighted by atomic mass is 35.5. The second kappa shape index (κ2) is 13.8. The minimum atomic E-state index is -4.23. The van der Waals surface area contributed by atoms with Gasteiger partial charge in [0.25, 0.3) is 10.0 Å². The van der Waals surface area contributed by atoms with E-state index in [1.807, 2.05) is 27.7 Å². The van der Waals surface area contributed by atoms with Crippen LogP contribution >= 0.6 is 23.2 Å². The van der Waals surface area contributed by atoms with Gasteiger partial charge in [0.15, 0.2) is 0 Å². The zero-order chi connectivity index (χ0) is 31.2. The Kier molecular flexibility index (Phi) is 10.9. The number of hydrogen-bond acceptors (Lipinski definition) is 5. The molecule has 0 spiro atoms. The number of carbonyl (C=O) groups is 2. The first kappa shape index (κ1) is 33.2. The lowest BCUT2D eigenvalue weighted by molar-refractivity contribution is -0.141. The van der Waals surface area contributed by atoms with Gasteiger partial charge in [0.2, 0.25) is 11.8 Å². The Hall–Kier alpha value is -3.27. The number of hydrogen-bond donors (Lipinski definition) is 1. The summed E-state index contributed by atoms with van der Waals surface area (Å²) in [5.74, 6) is -0.670. The van der Waals surface area contributed by atoms with Gasteiger partial charge < -0.3 is 15.0 Å².